The number of nitrogens with one attached hydrogen (secondary N) is 1. The highest BCUT2D eigenvalue weighted by Gasteiger charge is 2.15. The lowest BCUT2D eigenvalue weighted by molar-refractivity contribution is -0.385. The molecular weight excluding hydrogens is 447 g/mol. The second-order valence-corrected chi connectivity index (χ2v) is 6.69. The molecule has 2 aromatic heterocycles. The molecule has 0 atom stereocenters. The Morgan fingerprint density at radius 1 is 1.37 bits per heavy atom. The maximum atomic E-state index is 13.9. The number of amides is 1. The van der Waals surface area contributed by atoms with E-state index in [1.165, 1.54) is 16.8 Å². The number of benzene rings is 1. The van der Waals surface area contributed by atoms with Crippen LogP contribution in [-0.4, -0.2) is 30.4 Å². The summed E-state index contributed by atoms with van der Waals surface area (Å²) in [6.45, 7) is -0.155. The summed E-state index contributed by atoms with van der Waals surface area (Å²) in [5.74, 6) is -0.725. The topological polar surface area (TPSA) is 108 Å². The molecule has 0 saturated carbocycles. The van der Waals surface area contributed by atoms with Gasteiger partial charge in [-0.05, 0) is 28.1 Å². The Morgan fingerprint density at radius 3 is 2.81 bits per heavy atom. The van der Waals surface area contributed by atoms with E-state index in [9.17, 15) is 19.3 Å². The molecule has 0 aliphatic rings. The van der Waals surface area contributed by atoms with Crippen molar-refractivity contribution in [3.05, 3.63) is 67.8 Å². The molecule has 0 unspecified atom stereocenters. The number of halogens is 3. The van der Waals surface area contributed by atoms with Crippen LogP contribution in [0.4, 0.5) is 15.9 Å². The first-order chi connectivity index (χ1) is 12.8. The van der Waals surface area contributed by atoms with Crippen LogP contribution in [0.5, 0.6) is 0 Å². The van der Waals surface area contributed by atoms with Crippen LogP contribution >= 0.6 is 27.5 Å². The average Bonchev–Trinajstić information content (AvgIpc) is 3.18. The van der Waals surface area contributed by atoms with Crippen molar-refractivity contribution < 1.29 is 14.1 Å². The zero-order chi connectivity index (χ0) is 19.6. The second kappa shape index (κ2) is 7.84. The first kappa shape index (κ1) is 19.0. The monoisotopic (exact) mass is 456 g/mol. The van der Waals surface area contributed by atoms with Crippen LogP contribution in [-0.2, 0) is 17.9 Å². The number of hydrogen-bond donors (Lipinski definition) is 1. The first-order valence-electron chi connectivity index (χ1n) is 7.46. The minimum atomic E-state index is -0.604. The molecule has 27 heavy (non-hydrogen) atoms. The van der Waals surface area contributed by atoms with Crippen molar-refractivity contribution in [2.75, 3.05) is 5.32 Å². The van der Waals surface area contributed by atoms with Gasteiger partial charge in [0.05, 0.1) is 15.9 Å². The largest absolute Gasteiger partial charge is 0.307 e. The third-order valence-electron chi connectivity index (χ3n) is 3.49. The number of nitrogens with zero attached hydrogens (tertiary/aromatic N) is 5. The molecule has 2 heterocycles. The molecule has 140 valence electrons. The van der Waals surface area contributed by atoms with Gasteiger partial charge in [-0.15, -0.1) is 0 Å². The van der Waals surface area contributed by atoms with Gasteiger partial charge in [0.15, 0.2) is 5.82 Å². The first-order valence-corrected chi connectivity index (χ1v) is 8.63. The van der Waals surface area contributed by atoms with Gasteiger partial charge in [-0.2, -0.15) is 10.2 Å². The summed E-state index contributed by atoms with van der Waals surface area (Å²) in [6, 6.07) is 4.38. The van der Waals surface area contributed by atoms with E-state index in [4.69, 9.17) is 11.6 Å². The highest BCUT2D eigenvalue weighted by molar-refractivity contribution is 9.10. The Bertz CT molecular complexity index is 1000. The van der Waals surface area contributed by atoms with Crippen molar-refractivity contribution >= 4 is 44.9 Å². The highest BCUT2D eigenvalue weighted by Crippen LogP contribution is 2.24. The Hall–Kier alpha value is -2.79. The smallest absolute Gasteiger partial charge is 0.307 e. The summed E-state index contributed by atoms with van der Waals surface area (Å²) in [5, 5.41) is 21.4. The maximum Gasteiger partial charge on any atom is 0.307 e. The van der Waals surface area contributed by atoms with E-state index in [1.807, 2.05) is 0 Å². The van der Waals surface area contributed by atoms with Crippen LogP contribution in [0.1, 0.15) is 5.56 Å². The van der Waals surface area contributed by atoms with Crippen LogP contribution in [0.2, 0.25) is 5.02 Å². The van der Waals surface area contributed by atoms with Crippen molar-refractivity contribution in [3.63, 3.8) is 0 Å². The van der Waals surface area contributed by atoms with Crippen molar-refractivity contribution in [1.82, 2.24) is 19.6 Å². The van der Waals surface area contributed by atoms with Crippen molar-refractivity contribution in [3.8, 4) is 0 Å². The molecule has 0 fully saturated rings. The van der Waals surface area contributed by atoms with Crippen molar-refractivity contribution in [1.29, 1.82) is 0 Å². The number of carbonyl (C=O) groups is 1. The van der Waals surface area contributed by atoms with Crippen LogP contribution in [0.15, 0.2) is 41.3 Å². The van der Waals surface area contributed by atoms with Crippen molar-refractivity contribution in [2.24, 2.45) is 0 Å². The second-order valence-electron chi connectivity index (χ2n) is 5.42. The lowest BCUT2D eigenvalue weighted by Gasteiger charge is -2.06. The third kappa shape index (κ3) is 4.49. The SMILES string of the molecule is O=C(Cn1cc([N+](=O)[O-])cn1)Nc1nn(Cc2c(F)cccc2Cl)cc1Br. The highest BCUT2D eigenvalue weighted by atomic mass is 79.9. The average molecular weight is 458 g/mol. The van der Waals surface area contributed by atoms with Gasteiger partial charge in [-0.25, -0.2) is 4.39 Å². The molecule has 1 aromatic carbocycles. The Labute approximate surface area is 165 Å². The zero-order valence-corrected chi connectivity index (χ0v) is 15.8. The van der Waals surface area contributed by atoms with Gasteiger partial charge >= 0.3 is 5.69 Å². The maximum absolute atomic E-state index is 13.9. The lowest BCUT2D eigenvalue weighted by Crippen LogP contribution is -2.19. The molecule has 0 aliphatic heterocycles. The fourth-order valence-electron chi connectivity index (χ4n) is 2.26. The lowest BCUT2D eigenvalue weighted by atomic mass is 10.2. The summed E-state index contributed by atoms with van der Waals surface area (Å²) in [7, 11) is 0. The van der Waals surface area contributed by atoms with Crippen LogP contribution in [0, 0.1) is 15.9 Å². The summed E-state index contributed by atoms with van der Waals surface area (Å²) in [5.41, 5.74) is 0.0610. The Balaban J connectivity index is 1.69. The number of aromatic nitrogens is 4. The van der Waals surface area contributed by atoms with E-state index in [2.05, 4.69) is 31.4 Å². The van der Waals surface area contributed by atoms with Crippen LogP contribution in [0.3, 0.4) is 0 Å². The molecule has 0 bridgehead atoms. The quantitative estimate of drug-likeness (QED) is 0.452. The van der Waals surface area contributed by atoms with Gasteiger partial charge in [0.2, 0.25) is 5.91 Å². The van der Waals surface area contributed by atoms with Crippen LogP contribution < -0.4 is 5.32 Å². The molecular formula is C15H11BrClFN6O3. The molecule has 0 radical (unpaired) electrons. The minimum absolute atomic E-state index is 0.0747. The predicted molar refractivity (Wildman–Crippen MR) is 98.0 cm³/mol. The Kier molecular flexibility index (Phi) is 5.51. The number of hydrogen-bond acceptors (Lipinski definition) is 5. The van der Waals surface area contributed by atoms with Gasteiger partial charge in [-0.1, -0.05) is 17.7 Å². The molecule has 3 aromatic rings. The number of carbonyl (C=O) groups excluding carboxylic acids is 1. The van der Waals surface area contributed by atoms with Gasteiger partial charge in [0.1, 0.15) is 24.8 Å². The molecule has 12 heteroatoms. The van der Waals surface area contributed by atoms with E-state index in [0.717, 1.165) is 17.1 Å². The van der Waals surface area contributed by atoms with Gasteiger partial charge in [-0.3, -0.25) is 24.3 Å². The standard InChI is InChI=1S/C15H11BrClFN6O3/c16-11-7-23(6-10-12(17)2-1-3-13(10)18)21-15(11)20-14(25)8-22-5-9(4-19-22)24(26)27/h1-5,7H,6,8H2,(H,20,21,25). The molecule has 1 N–H and O–H groups in total. The fraction of sp³-hybridized carbons (Fsp3) is 0.133. The van der Waals surface area contributed by atoms with Gasteiger partial charge < -0.3 is 5.32 Å². The van der Waals surface area contributed by atoms with E-state index < -0.39 is 16.6 Å². The molecule has 0 saturated heterocycles. The molecule has 9 nitrogen and oxygen atoms in total. The summed E-state index contributed by atoms with van der Waals surface area (Å²) < 4.78 is 16.9. The zero-order valence-electron chi connectivity index (χ0n) is 13.5. The molecule has 3 rings (SSSR count). The normalized spacial score (nSPS) is 10.8. The third-order valence-corrected chi connectivity index (χ3v) is 4.43. The van der Waals surface area contributed by atoms with Gasteiger partial charge in [0.25, 0.3) is 0 Å². The fourth-order valence-corrected chi connectivity index (χ4v) is 2.90. The van der Waals surface area contributed by atoms with E-state index in [-0.39, 0.29) is 35.2 Å². The summed E-state index contributed by atoms with van der Waals surface area (Å²) >= 11 is 9.27. The Morgan fingerprint density at radius 2 is 2.15 bits per heavy atom. The van der Waals surface area contributed by atoms with E-state index in [0.29, 0.717) is 4.47 Å². The molecule has 1 amide bonds. The van der Waals surface area contributed by atoms with Gasteiger partial charge in [0, 0.05) is 16.8 Å². The van der Waals surface area contributed by atoms with E-state index >= 15 is 0 Å². The number of anilines is 1. The minimum Gasteiger partial charge on any atom is -0.307 e. The number of rotatable bonds is 6. The molecule has 0 aliphatic carbocycles. The predicted octanol–water partition coefficient (Wildman–Crippen LogP) is 3.23. The number of nitro groups is 1. The van der Waals surface area contributed by atoms with Crippen LogP contribution in [0.25, 0.3) is 0 Å². The molecule has 0 spiro atoms. The van der Waals surface area contributed by atoms with E-state index in [1.54, 1.807) is 12.3 Å². The summed E-state index contributed by atoms with van der Waals surface area (Å²) in [4.78, 5) is 22.1. The van der Waals surface area contributed by atoms with Crippen molar-refractivity contribution in [2.45, 2.75) is 13.1 Å². The summed E-state index contributed by atoms with van der Waals surface area (Å²) in [6.07, 6.45) is 3.76.